The lowest BCUT2D eigenvalue weighted by molar-refractivity contribution is 0.0931. The summed E-state index contributed by atoms with van der Waals surface area (Å²) < 4.78 is 6.06. The van der Waals surface area contributed by atoms with Gasteiger partial charge in [0.1, 0.15) is 5.52 Å². The molecule has 0 saturated heterocycles. The molecule has 1 aromatic heterocycles. The summed E-state index contributed by atoms with van der Waals surface area (Å²) in [4.78, 5) is 15.3. The molecule has 14 heavy (non-hydrogen) atoms. The number of hydrogen-bond acceptors (Lipinski definition) is 3. The van der Waals surface area contributed by atoms with Gasteiger partial charge in [-0.05, 0) is 28.1 Å². The van der Waals surface area contributed by atoms with Gasteiger partial charge < -0.3 is 9.73 Å². The highest BCUT2D eigenvalue weighted by atomic mass is 79.9. The zero-order valence-electron chi connectivity index (χ0n) is 7.37. The average molecular weight is 255 g/mol. The Hall–Kier alpha value is -1.36. The Labute approximate surface area is 88.4 Å². The van der Waals surface area contributed by atoms with Crippen LogP contribution in [0.1, 0.15) is 10.7 Å². The van der Waals surface area contributed by atoms with Gasteiger partial charge in [-0.15, -0.1) is 0 Å². The first kappa shape index (κ1) is 9.21. The fourth-order valence-electron chi connectivity index (χ4n) is 1.12. The molecule has 72 valence electrons. The molecule has 0 saturated carbocycles. The quantitative estimate of drug-likeness (QED) is 0.847. The van der Waals surface area contributed by atoms with E-state index in [1.807, 2.05) is 12.1 Å². The molecule has 1 amide bonds. The Morgan fingerprint density at radius 1 is 1.57 bits per heavy atom. The van der Waals surface area contributed by atoms with Gasteiger partial charge in [0, 0.05) is 11.5 Å². The van der Waals surface area contributed by atoms with Crippen molar-refractivity contribution < 1.29 is 9.21 Å². The van der Waals surface area contributed by atoms with Crippen LogP contribution in [0.25, 0.3) is 11.1 Å². The van der Waals surface area contributed by atoms with Crippen LogP contribution in [0.4, 0.5) is 0 Å². The smallest absolute Gasteiger partial charge is 0.306 e. The van der Waals surface area contributed by atoms with Gasteiger partial charge in [-0.25, -0.2) is 4.98 Å². The van der Waals surface area contributed by atoms with Crippen molar-refractivity contribution >= 4 is 32.9 Å². The first-order valence-corrected chi connectivity index (χ1v) is 4.79. The molecule has 0 aliphatic carbocycles. The average Bonchev–Trinajstić information content (AvgIpc) is 2.62. The minimum absolute atomic E-state index is 0.0781. The Morgan fingerprint density at radius 2 is 2.36 bits per heavy atom. The highest BCUT2D eigenvalue weighted by Gasteiger charge is 2.13. The predicted molar refractivity (Wildman–Crippen MR) is 55.1 cm³/mol. The van der Waals surface area contributed by atoms with Crippen LogP contribution in [-0.2, 0) is 0 Å². The monoisotopic (exact) mass is 254 g/mol. The van der Waals surface area contributed by atoms with Gasteiger partial charge in [-0.3, -0.25) is 4.79 Å². The predicted octanol–water partition coefficient (Wildman–Crippen LogP) is 1.95. The molecule has 2 aromatic rings. The van der Waals surface area contributed by atoms with Gasteiger partial charge in [0.05, 0.1) is 0 Å². The third kappa shape index (κ3) is 1.39. The number of nitrogens with zero attached hydrogens (tertiary/aromatic N) is 1. The van der Waals surface area contributed by atoms with Gasteiger partial charge in [0.25, 0.3) is 5.89 Å². The highest BCUT2D eigenvalue weighted by molar-refractivity contribution is 9.10. The van der Waals surface area contributed by atoms with Crippen LogP contribution in [0.2, 0.25) is 0 Å². The highest BCUT2D eigenvalue weighted by Crippen LogP contribution is 2.23. The second-order valence-corrected chi connectivity index (χ2v) is 3.54. The summed E-state index contributed by atoms with van der Waals surface area (Å²) in [7, 11) is 1.53. The number of hydrogen-bond donors (Lipinski definition) is 1. The molecule has 1 heterocycles. The van der Waals surface area contributed by atoms with E-state index >= 15 is 0 Å². The van der Waals surface area contributed by atoms with Crippen LogP contribution in [0.3, 0.4) is 0 Å². The fraction of sp³-hybridized carbons (Fsp3) is 0.111. The Balaban J connectivity index is 2.62. The summed E-state index contributed by atoms with van der Waals surface area (Å²) in [6.07, 6.45) is 0. The summed E-state index contributed by atoms with van der Waals surface area (Å²) in [5.74, 6) is -0.248. The number of amides is 1. The lowest BCUT2D eigenvalue weighted by atomic mass is 10.3. The van der Waals surface area contributed by atoms with E-state index in [0.717, 1.165) is 4.47 Å². The fourth-order valence-corrected chi connectivity index (χ4v) is 1.56. The maximum atomic E-state index is 11.2. The van der Waals surface area contributed by atoms with Crippen molar-refractivity contribution in [1.82, 2.24) is 10.3 Å². The van der Waals surface area contributed by atoms with Crippen molar-refractivity contribution in [2.24, 2.45) is 0 Å². The van der Waals surface area contributed by atoms with Crippen molar-refractivity contribution in [3.05, 3.63) is 28.6 Å². The number of fused-ring (bicyclic) bond motifs is 1. The molecule has 0 spiro atoms. The van der Waals surface area contributed by atoms with Crippen molar-refractivity contribution in [2.75, 3.05) is 7.05 Å². The van der Waals surface area contributed by atoms with E-state index in [4.69, 9.17) is 4.42 Å². The van der Waals surface area contributed by atoms with E-state index in [-0.39, 0.29) is 11.8 Å². The maximum absolute atomic E-state index is 11.2. The normalized spacial score (nSPS) is 10.4. The Kier molecular flexibility index (Phi) is 2.25. The second kappa shape index (κ2) is 3.42. The number of carbonyl (C=O) groups is 1. The molecule has 0 bridgehead atoms. The van der Waals surface area contributed by atoms with E-state index < -0.39 is 0 Å². The number of halogens is 1. The molecule has 5 heteroatoms. The Morgan fingerprint density at radius 3 is 3.00 bits per heavy atom. The van der Waals surface area contributed by atoms with Crippen LogP contribution in [0.15, 0.2) is 27.1 Å². The molecule has 0 aliphatic rings. The molecule has 1 N–H and O–H groups in total. The molecule has 2 rings (SSSR count). The molecule has 4 nitrogen and oxygen atoms in total. The minimum atomic E-state index is -0.326. The van der Waals surface area contributed by atoms with Gasteiger partial charge in [-0.2, -0.15) is 0 Å². The minimum Gasteiger partial charge on any atom is -0.432 e. The number of aromatic nitrogens is 1. The van der Waals surface area contributed by atoms with Crippen molar-refractivity contribution in [3.63, 3.8) is 0 Å². The van der Waals surface area contributed by atoms with E-state index in [9.17, 15) is 4.79 Å². The number of carbonyl (C=O) groups excluding carboxylic acids is 1. The molecule has 0 atom stereocenters. The zero-order chi connectivity index (χ0) is 10.1. The van der Waals surface area contributed by atoms with Gasteiger partial charge in [0.15, 0.2) is 5.58 Å². The molecule has 1 aromatic carbocycles. The zero-order valence-corrected chi connectivity index (χ0v) is 8.96. The van der Waals surface area contributed by atoms with Crippen LogP contribution < -0.4 is 5.32 Å². The van der Waals surface area contributed by atoms with Gasteiger partial charge in [0.2, 0.25) is 0 Å². The van der Waals surface area contributed by atoms with Gasteiger partial charge in [-0.1, -0.05) is 6.07 Å². The maximum Gasteiger partial charge on any atom is 0.306 e. The third-order valence-electron chi connectivity index (χ3n) is 1.79. The first-order valence-electron chi connectivity index (χ1n) is 3.99. The number of para-hydroxylation sites is 1. The lowest BCUT2D eigenvalue weighted by Crippen LogP contribution is -2.17. The largest absolute Gasteiger partial charge is 0.432 e. The molecule has 0 radical (unpaired) electrons. The third-order valence-corrected chi connectivity index (χ3v) is 2.43. The first-order chi connectivity index (χ1) is 6.72. The van der Waals surface area contributed by atoms with Gasteiger partial charge >= 0.3 is 5.91 Å². The molecule has 0 aliphatic heterocycles. The lowest BCUT2D eigenvalue weighted by Gasteiger charge is -1.88. The summed E-state index contributed by atoms with van der Waals surface area (Å²) in [5, 5.41) is 2.45. The van der Waals surface area contributed by atoms with E-state index in [1.165, 1.54) is 7.05 Å². The summed E-state index contributed by atoms with van der Waals surface area (Å²) >= 11 is 3.33. The van der Waals surface area contributed by atoms with E-state index in [1.54, 1.807) is 6.07 Å². The molecular formula is C9H7BrN2O2. The summed E-state index contributed by atoms with van der Waals surface area (Å²) in [6, 6.07) is 5.43. The molecular weight excluding hydrogens is 248 g/mol. The van der Waals surface area contributed by atoms with Crippen molar-refractivity contribution in [1.29, 1.82) is 0 Å². The summed E-state index contributed by atoms with van der Waals surface area (Å²) in [6.45, 7) is 0. The Bertz CT molecular complexity index is 493. The summed E-state index contributed by atoms with van der Waals surface area (Å²) in [5.41, 5.74) is 1.25. The van der Waals surface area contributed by atoms with Crippen LogP contribution >= 0.6 is 15.9 Å². The number of rotatable bonds is 1. The number of nitrogens with one attached hydrogen (secondary N) is 1. The van der Waals surface area contributed by atoms with Crippen LogP contribution in [-0.4, -0.2) is 17.9 Å². The van der Waals surface area contributed by atoms with Crippen molar-refractivity contribution in [2.45, 2.75) is 0 Å². The van der Waals surface area contributed by atoms with Crippen LogP contribution in [0.5, 0.6) is 0 Å². The molecule has 0 unspecified atom stereocenters. The van der Waals surface area contributed by atoms with E-state index in [0.29, 0.717) is 11.1 Å². The topological polar surface area (TPSA) is 55.1 Å². The second-order valence-electron chi connectivity index (χ2n) is 2.68. The number of oxazole rings is 1. The van der Waals surface area contributed by atoms with Crippen LogP contribution in [0, 0.1) is 0 Å². The SMILES string of the molecule is CNC(=O)c1nc2c(Br)cccc2o1. The molecule has 0 fully saturated rings. The number of benzene rings is 1. The standard InChI is InChI=1S/C9H7BrN2O2/c1-11-8(13)9-12-7-5(10)3-2-4-6(7)14-9/h2-4H,1H3,(H,11,13). The van der Waals surface area contributed by atoms with Crippen molar-refractivity contribution in [3.8, 4) is 0 Å². The van der Waals surface area contributed by atoms with E-state index in [2.05, 4.69) is 26.2 Å².